The first kappa shape index (κ1) is 14.8. The number of hydrogen-bond donors (Lipinski definition) is 1. The summed E-state index contributed by atoms with van der Waals surface area (Å²) >= 11 is 0. The largest absolute Gasteiger partial charge is 0.465 e. The third kappa shape index (κ3) is 2.94. The van der Waals surface area contributed by atoms with E-state index in [4.69, 9.17) is 4.84 Å². The SMILES string of the molecule is C=CCO/N=C1\CN(C(=O)O)Cc2c1cnn2-c1ccccc1. The Morgan fingerprint density at radius 2 is 2.17 bits per heavy atom. The van der Waals surface area contributed by atoms with Gasteiger partial charge in [-0.2, -0.15) is 5.10 Å². The molecule has 1 aliphatic rings. The molecule has 1 amide bonds. The third-order valence-corrected chi connectivity index (χ3v) is 3.50. The number of amides is 1. The number of hydrogen-bond acceptors (Lipinski definition) is 4. The molecule has 2 heterocycles. The minimum atomic E-state index is -1.01. The number of carbonyl (C=O) groups is 1. The molecule has 1 aliphatic heterocycles. The van der Waals surface area contributed by atoms with Gasteiger partial charge in [-0.15, -0.1) is 0 Å². The van der Waals surface area contributed by atoms with Crippen molar-refractivity contribution in [2.45, 2.75) is 6.54 Å². The zero-order valence-corrected chi connectivity index (χ0v) is 12.4. The number of nitrogens with zero attached hydrogens (tertiary/aromatic N) is 4. The molecule has 1 aromatic heterocycles. The lowest BCUT2D eigenvalue weighted by Gasteiger charge is -2.25. The molecule has 0 bridgehead atoms. The Morgan fingerprint density at radius 1 is 1.39 bits per heavy atom. The van der Waals surface area contributed by atoms with Crippen LogP contribution in [0.1, 0.15) is 11.3 Å². The smallest absolute Gasteiger partial charge is 0.408 e. The van der Waals surface area contributed by atoms with E-state index in [1.165, 1.54) is 4.90 Å². The molecule has 0 radical (unpaired) electrons. The maximum atomic E-state index is 11.4. The van der Waals surface area contributed by atoms with Crippen molar-refractivity contribution in [1.82, 2.24) is 14.7 Å². The van der Waals surface area contributed by atoms with E-state index in [9.17, 15) is 9.90 Å². The van der Waals surface area contributed by atoms with E-state index >= 15 is 0 Å². The molecule has 23 heavy (non-hydrogen) atoms. The monoisotopic (exact) mass is 312 g/mol. The fraction of sp³-hybridized carbons (Fsp3) is 0.188. The van der Waals surface area contributed by atoms with Gasteiger partial charge in [0.1, 0.15) is 12.3 Å². The third-order valence-electron chi connectivity index (χ3n) is 3.50. The number of benzene rings is 1. The van der Waals surface area contributed by atoms with Gasteiger partial charge in [0.05, 0.1) is 30.7 Å². The van der Waals surface area contributed by atoms with E-state index in [2.05, 4.69) is 16.8 Å². The van der Waals surface area contributed by atoms with Crippen molar-refractivity contribution in [2.24, 2.45) is 5.16 Å². The van der Waals surface area contributed by atoms with Crippen molar-refractivity contribution in [2.75, 3.05) is 13.2 Å². The van der Waals surface area contributed by atoms with Gasteiger partial charge in [0.15, 0.2) is 0 Å². The lowest BCUT2D eigenvalue weighted by Crippen LogP contribution is -2.39. The molecule has 0 unspecified atom stereocenters. The Kier molecular flexibility index (Phi) is 4.09. The topological polar surface area (TPSA) is 79.9 Å². The zero-order chi connectivity index (χ0) is 16.2. The predicted octanol–water partition coefficient (Wildman–Crippen LogP) is 2.27. The zero-order valence-electron chi connectivity index (χ0n) is 12.4. The molecule has 0 saturated carbocycles. The van der Waals surface area contributed by atoms with Gasteiger partial charge in [0, 0.05) is 5.56 Å². The Hall–Kier alpha value is -3.09. The van der Waals surface area contributed by atoms with Crippen molar-refractivity contribution in [3.63, 3.8) is 0 Å². The van der Waals surface area contributed by atoms with Gasteiger partial charge in [-0.3, -0.25) is 4.90 Å². The van der Waals surface area contributed by atoms with Gasteiger partial charge in [-0.25, -0.2) is 9.48 Å². The van der Waals surface area contributed by atoms with E-state index < -0.39 is 6.09 Å². The van der Waals surface area contributed by atoms with Crippen LogP contribution in [-0.2, 0) is 11.4 Å². The maximum Gasteiger partial charge on any atom is 0.408 e. The van der Waals surface area contributed by atoms with Crippen molar-refractivity contribution >= 4 is 11.8 Å². The van der Waals surface area contributed by atoms with Gasteiger partial charge in [-0.05, 0) is 12.1 Å². The summed E-state index contributed by atoms with van der Waals surface area (Å²) in [5.74, 6) is 0. The van der Waals surface area contributed by atoms with Crippen LogP contribution in [0.3, 0.4) is 0 Å². The minimum Gasteiger partial charge on any atom is -0.465 e. The summed E-state index contributed by atoms with van der Waals surface area (Å²) in [6, 6.07) is 9.56. The molecule has 0 saturated heterocycles. The lowest BCUT2D eigenvalue weighted by atomic mass is 10.1. The quantitative estimate of drug-likeness (QED) is 0.533. The molecular formula is C16H16N4O3. The van der Waals surface area contributed by atoms with Crippen LogP contribution in [0.4, 0.5) is 4.79 Å². The highest BCUT2D eigenvalue weighted by atomic mass is 16.6. The van der Waals surface area contributed by atoms with E-state index in [0.29, 0.717) is 5.71 Å². The lowest BCUT2D eigenvalue weighted by molar-refractivity contribution is 0.144. The molecule has 2 aromatic rings. The van der Waals surface area contributed by atoms with Crippen LogP contribution in [0, 0.1) is 0 Å². The van der Waals surface area contributed by atoms with Crippen molar-refractivity contribution in [3.8, 4) is 5.69 Å². The Bertz CT molecular complexity index is 752. The second-order valence-electron chi connectivity index (χ2n) is 5.01. The molecule has 3 rings (SSSR count). The first-order chi connectivity index (χ1) is 11.2. The van der Waals surface area contributed by atoms with Crippen LogP contribution >= 0.6 is 0 Å². The summed E-state index contributed by atoms with van der Waals surface area (Å²) in [5, 5.41) is 17.8. The predicted molar refractivity (Wildman–Crippen MR) is 84.7 cm³/mol. The summed E-state index contributed by atoms with van der Waals surface area (Å²) < 4.78 is 1.73. The molecule has 0 atom stereocenters. The Morgan fingerprint density at radius 3 is 2.87 bits per heavy atom. The molecular weight excluding hydrogens is 296 g/mol. The highest BCUT2D eigenvalue weighted by molar-refractivity contribution is 6.04. The van der Waals surface area contributed by atoms with Crippen LogP contribution in [0.15, 0.2) is 54.3 Å². The number of carboxylic acid groups (broad SMARTS) is 1. The van der Waals surface area contributed by atoms with Gasteiger partial charge in [0.25, 0.3) is 0 Å². The summed E-state index contributed by atoms with van der Waals surface area (Å²) in [4.78, 5) is 17.8. The fourth-order valence-corrected chi connectivity index (χ4v) is 2.44. The molecule has 1 aromatic carbocycles. The Labute approximate surface area is 133 Å². The molecule has 1 N–H and O–H groups in total. The van der Waals surface area contributed by atoms with Crippen LogP contribution in [0.2, 0.25) is 0 Å². The number of aromatic nitrogens is 2. The molecule has 0 spiro atoms. The average Bonchev–Trinajstić information content (AvgIpc) is 3.00. The summed E-state index contributed by atoms with van der Waals surface area (Å²) in [7, 11) is 0. The van der Waals surface area contributed by atoms with Gasteiger partial charge >= 0.3 is 6.09 Å². The standard InChI is InChI=1S/C16H16N4O3/c1-2-8-23-18-14-10-19(16(21)22)11-15-13(14)9-17-20(15)12-6-4-3-5-7-12/h2-7,9H,1,8,10-11H2,(H,21,22)/b18-14+. The number of rotatable bonds is 4. The van der Waals surface area contributed by atoms with Gasteiger partial charge in [-0.1, -0.05) is 36.0 Å². The van der Waals surface area contributed by atoms with Gasteiger partial charge < -0.3 is 9.94 Å². The molecule has 7 nitrogen and oxygen atoms in total. The van der Waals surface area contributed by atoms with Crippen molar-refractivity contribution in [1.29, 1.82) is 0 Å². The highest BCUT2D eigenvalue weighted by Gasteiger charge is 2.29. The second-order valence-corrected chi connectivity index (χ2v) is 5.01. The summed E-state index contributed by atoms with van der Waals surface area (Å²) in [6.07, 6.45) is 2.27. The van der Waals surface area contributed by atoms with Crippen molar-refractivity contribution < 1.29 is 14.7 Å². The van der Waals surface area contributed by atoms with E-state index in [0.717, 1.165) is 16.9 Å². The summed E-state index contributed by atoms with van der Waals surface area (Å²) in [5.41, 5.74) is 2.98. The molecule has 118 valence electrons. The van der Waals surface area contributed by atoms with Crippen molar-refractivity contribution in [3.05, 3.63) is 60.4 Å². The first-order valence-electron chi connectivity index (χ1n) is 7.11. The average molecular weight is 312 g/mol. The molecule has 0 aliphatic carbocycles. The number of para-hydroxylation sites is 1. The van der Waals surface area contributed by atoms with E-state index in [1.54, 1.807) is 17.0 Å². The van der Waals surface area contributed by atoms with Gasteiger partial charge in [0.2, 0.25) is 0 Å². The van der Waals surface area contributed by atoms with Crippen LogP contribution in [0.5, 0.6) is 0 Å². The highest BCUT2D eigenvalue weighted by Crippen LogP contribution is 2.22. The minimum absolute atomic E-state index is 0.167. The first-order valence-corrected chi connectivity index (χ1v) is 7.11. The fourth-order valence-electron chi connectivity index (χ4n) is 2.44. The van der Waals surface area contributed by atoms with Crippen LogP contribution in [0.25, 0.3) is 5.69 Å². The number of fused-ring (bicyclic) bond motifs is 1. The van der Waals surface area contributed by atoms with E-state index in [1.807, 2.05) is 30.3 Å². The Balaban J connectivity index is 2.02. The number of oxime groups is 1. The van der Waals surface area contributed by atoms with E-state index in [-0.39, 0.29) is 19.7 Å². The normalized spacial score (nSPS) is 15.3. The summed E-state index contributed by atoms with van der Waals surface area (Å²) in [6.45, 7) is 4.24. The molecule has 7 heteroatoms. The van der Waals surface area contributed by atoms with Crippen LogP contribution in [-0.4, -0.2) is 44.7 Å². The second kappa shape index (κ2) is 6.35. The molecule has 0 fully saturated rings. The van der Waals surface area contributed by atoms with Crippen LogP contribution < -0.4 is 0 Å². The maximum absolute atomic E-state index is 11.4.